The fourth-order valence-corrected chi connectivity index (χ4v) is 3.19. The molecular formula is C22H29FN4O. The number of carbonyl (C=O) groups excluding carboxylic acids is 1. The maximum absolute atomic E-state index is 13.9. The Morgan fingerprint density at radius 3 is 2.57 bits per heavy atom. The van der Waals surface area contributed by atoms with Crippen molar-refractivity contribution in [1.82, 2.24) is 9.88 Å². The average Bonchev–Trinajstić information content (AvgIpc) is 2.89. The Kier molecular flexibility index (Phi) is 6.29. The van der Waals surface area contributed by atoms with Crippen molar-refractivity contribution in [1.29, 1.82) is 0 Å². The number of carbonyl (C=O) groups is 1. The first-order valence-corrected chi connectivity index (χ1v) is 9.81. The highest BCUT2D eigenvalue weighted by molar-refractivity contribution is 5.94. The molecule has 150 valence electrons. The molecule has 6 heteroatoms. The zero-order valence-electron chi connectivity index (χ0n) is 16.9. The van der Waals surface area contributed by atoms with Crippen LogP contribution in [-0.4, -0.2) is 42.0 Å². The Balaban J connectivity index is 1.58. The second-order valence-electron chi connectivity index (χ2n) is 8.32. The van der Waals surface area contributed by atoms with Gasteiger partial charge in [0.05, 0.1) is 11.9 Å². The summed E-state index contributed by atoms with van der Waals surface area (Å²) in [5, 5.41) is 2.90. The van der Waals surface area contributed by atoms with Gasteiger partial charge in [-0.3, -0.25) is 9.69 Å². The Labute approximate surface area is 166 Å². The molecule has 0 aliphatic carbocycles. The van der Waals surface area contributed by atoms with Crippen LogP contribution in [0.5, 0.6) is 0 Å². The zero-order valence-corrected chi connectivity index (χ0v) is 16.9. The van der Waals surface area contributed by atoms with E-state index in [9.17, 15) is 9.18 Å². The van der Waals surface area contributed by atoms with Gasteiger partial charge in [0, 0.05) is 43.7 Å². The average molecular weight is 384 g/mol. The minimum atomic E-state index is -0.439. The van der Waals surface area contributed by atoms with Gasteiger partial charge in [-0.1, -0.05) is 39.0 Å². The fraction of sp³-hybridized carbons (Fsp3) is 0.455. The lowest BCUT2D eigenvalue weighted by molar-refractivity contribution is -0.123. The maximum Gasteiger partial charge on any atom is 0.229 e. The highest BCUT2D eigenvalue weighted by atomic mass is 19.1. The third-order valence-electron chi connectivity index (χ3n) is 4.95. The molecule has 0 saturated carbocycles. The first-order chi connectivity index (χ1) is 13.3. The third kappa shape index (κ3) is 5.29. The van der Waals surface area contributed by atoms with Crippen molar-refractivity contribution in [3.8, 4) is 0 Å². The van der Waals surface area contributed by atoms with E-state index in [1.165, 1.54) is 6.07 Å². The van der Waals surface area contributed by atoms with Crippen molar-refractivity contribution in [3.63, 3.8) is 0 Å². The van der Waals surface area contributed by atoms with E-state index in [0.29, 0.717) is 12.2 Å². The number of amides is 1. The number of aromatic nitrogens is 1. The zero-order chi connectivity index (χ0) is 20.1. The fourth-order valence-electron chi connectivity index (χ4n) is 3.19. The predicted octanol–water partition coefficient (Wildman–Crippen LogP) is 3.92. The van der Waals surface area contributed by atoms with Crippen LogP contribution in [0, 0.1) is 11.2 Å². The van der Waals surface area contributed by atoms with E-state index in [1.54, 1.807) is 12.3 Å². The Hall–Kier alpha value is -2.47. The Bertz CT molecular complexity index is 801. The first-order valence-electron chi connectivity index (χ1n) is 9.81. The third-order valence-corrected chi connectivity index (χ3v) is 4.95. The molecule has 0 radical (unpaired) electrons. The molecule has 0 bridgehead atoms. The Morgan fingerprint density at radius 1 is 1.11 bits per heavy atom. The lowest BCUT2D eigenvalue weighted by Crippen LogP contribution is -2.31. The van der Waals surface area contributed by atoms with Crippen LogP contribution in [-0.2, 0) is 11.3 Å². The van der Waals surface area contributed by atoms with Gasteiger partial charge in [-0.05, 0) is 24.6 Å². The SMILES string of the molecule is CC(C)(C)C(=O)Nc1ccc(N2CCCN(Cc3ccccc3F)CC2)nc1. The highest BCUT2D eigenvalue weighted by Crippen LogP contribution is 2.20. The molecule has 1 amide bonds. The van der Waals surface area contributed by atoms with Gasteiger partial charge in [-0.15, -0.1) is 0 Å². The van der Waals surface area contributed by atoms with E-state index >= 15 is 0 Å². The molecule has 1 aromatic heterocycles. The van der Waals surface area contributed by atoms with E-state index in [0.717, 1.165) is 44.0 Å². The number of hydrogen-bond donors (Lipinski definition) is 1. The van der Waals surface area contributed by atoms with Gasteiger partial charge in [0.2, 0.25) is 5.91 Å². The predicted molar refractivity (Wildman–Crippen MR) is 111 cm³/mol. The topological polar surface area (TPSA) is 48.5 Å². The van der Waals surface area contributed by atoms with Crippen LogP contribution >= 0.6 is 0 Å². The van der Waals surface area contributed by atoms with Crippen LogP contribution in [0.3, 0.4) is 0 Å². The van der Waals surface area contributed by atoms with Gasteiger partial charge in [0.25, 0.3) is 0 Å². The standard InChI is InChI=1S/C22H29FN4O/c1-22(2,3)21(28)25-18-9-10-20(24-15-18)27-12-6-11-26(13-14-27)16-17-7-4-5-8-19(17)23/h4-5,7-10,15H,6,11-14,16H2,1-3H3,(H,25,28). The van der Waals surface area contributed by atoms with Gasteiger partial charge in [0.15, 0.2) is 0 Å². The molecule has 3 rings (SSSR count). The summed E-state index contributed by atoms with van der Waals surface area (Å²) in [6.07, 6.45) is 2.71. The summed E-state index contributed by atoms with van der Waals surface area (Å²) in [5.74, 6) is 0.736. The number of benzene rings is 1. The van der Waals surface area contributed by atoms with E-state index in [2.05, 4.69) is 20.1 Å². The molecule has 0 unspecified atom stereocenters. The summed E-state index contributed by atoms with van der Waals surface area (Å²) in [6, 6.07) is 10.8. The smallest absolute Gasteiger partial charge is 0.229 e. The van der Waals surface area contributed by atoms with Crippen LogP contribution in [0.1, 0.15) is 32.8 Å². The van der Waals surface area contributed by atoms with E-state index in [1.807, 2.05) is 45.0 Å². The van der Waals surface area contributed by atoms with Gasteiger partial charge in [0.1, 0.15) is 11.6 Å². The van der Waals surface area contributed by atoms with Gasteiger partial charge >= 0.3 is 0 Å². The number of nitrogens with zero attached hydrogens (tertiary/aromatic N) is 3. The molecule has 1 N–H and O–H groups in total. The van der Waals surface area contributed by atoms with Crippen LogP contribution in [0.4, 0.5) is 15.9 Å². The summed E-state index contributed by atoms with van der Waals surface area (Å²) >= 11 is 0. The molecule has 1 saturated heterocycles. The van der Waals surface area contributed by atoms with Gasteiger partial charge in [-0.2, -0.15) is 0 Å². The molecule has 1 aliphatic heterocycles. The molecule has 28 heavy (non-hydrogen) atoms. The molecule has 1 aliphatic rings. The van der Waals surface area contributed by atoms with Crippen molar-refractivity contribution >= 4 is 17.4 Å². The van der Waals surface area contributed by atoms with Crippen LogP contribution in [0.2, 0.25) is 0 Å². The lowest BCUT2D eigenvalue weighted by Gasteiger charge is -2.23. The summed E-state index contributed by atoms with van der Waals surface area (Å²) in [6.45, 7) is 9.83. The normalized spacial score (nSPS) is 15.9. The number of nitrogens with one attached hydrogen (secondary N) is 1. The molecule has 2 aromatic rings. The maximum atomic E-state index is 13.9. The van der Waals surface area contributed by atoms with Gasteiger partial charge in [-0.25, -0.2) is 9.37 Å². The quantitative estimate of drug-likeness (QED) is 0.868. The number of hydrogen-bond acceptors (Lipinski definition) is 4. The largest absolute Gasteiger partial charge is 0.355 e. The van der Waals surface area contributed by atoms with Crippen molar-refractivity contribution in [3.05, 3.63) is 54.0 Å². The Morgan fingerprint density at radius 2 is 1.89 bits per heavy atom. The molecule has 0 atom stereocenters. The first kappa shape index (κ1) is 20.3. The van der Waals surface area contributed by atoms with Crippen LogP contribution in [0.15, 0.2) is 42.6 Å². The van der Waals surface area contributed by atoms with Crippen molar-refractivity contribution in [2.75, 3.05) is 36.4 Å². The minimum absolute atomic E-state index is 0.0272. The number of rotatable bonds is 4. The molecule has 0 spiro atoms. The highest BCUT2D eigenvalue weighted by Gasteiger charge is 2.21. The molecule has 2 heterocycles. The van der Waals surface area contributed by atoms with E-state index < -0.39 is 5.41 Å². The summed E-state index contributed by atoms with van der Waals surface area (Å²) in [5.41, 5.74) is 1.01. The minimum Gasteiger partial charge on any atom is -0.355 e. The van der Waals surface area contributed by atoms with Crippen molar-refractivity contribution < 1.29 is 9.18 Å². The summed E-state index contributed by atoms with van der Waals surface area (Å²) in [4.78, 5) is 21.2. The summed E-state index contributed by atoms with van der Waals surface area (Å²) < 4.78 is 13.9. The molecule has 1 aromatic carbocycles. The number of anilines is 2. The molecular weight excluding hydrogens is 355 g/mol. The molecule has 5 nitrogen and oxygen atoms in total. The number of pyridine rings is 1. The number of halogens is 1. The second-order valence-corrected chi connectivity index (χ2v) is 8.32. The molecule has 1 fully saturated rings. The lowest BCUT2D eigenvalue weighted by atomic mass is 9.96. The van der Waals surface area contributed by atoms with Crippen molar-refractivity contribution in [2.24, 2.45) is 5.41 Å². The monoisotopic (exact) mass is 384 g/mol. The summed E-state index contributed by atoms with van der Waals surface area (Å²) in [7, 11) is 0. The van der Waals surface area contributed by atoms with Crippen LogP contribution < -0.4 is 10.2 Å². The van der Waals surface area contributed by atoms with Gasteiger partial charge < -0.3 is 10.2 Å². The van der Waals surface area contributed by atoms with Crippen molar-refractivity contribution in [2.45, 2.75) is 33.7 Å². The second kappa shape index (κ2) is 8.69. The van der Waals surface area contributed by atoms with E-state index in [-0.39, 0.29) is 11.7 Å². The van der Waals surface area contributed by atoms with Crippen LogP contribution in [0.25, 0.3) is 0 Å². The van der Waals surface area contributed by atoms with E-state index in [4.69, 9.17) is 0 Å².